The van der Waals surface area contributed by atoms with Crippen LogP contribution in [-0.2, 0) is 9.53 Å². The average Bonchev–Trinajstić information content (AvgIpc) is 2.55. The number of hydrogen-bond acceptors (Lipinski definition) is 4. The molecule has 25 heavy (non-hydrogen) atoms. The molecule has 1 aromatic carbocycles. The number of azide groups is 1. The smallest absolute Gasteiger partial charge is 0.410 e. The first-order chi connectivity index (χ1) is 11.8. The minimum Gasteiger partial charge on any atom is -0.444 e. The number of amides is 2. The van der Waals surface area contributed by atoms with Crippen molar-refractivity contribution < 1.29 is 14.3 Å². The maximum atomic E-state index is 12.5. The molecule has 0 aromatic heterocycles. The van der Waals surface area contributed by atoms with Gasteiger partial charge in [0.25, 0.3) is 0 Å². The Balaban J connectivity index is 1.94. The highest BCUT2D eigenvalue weighted by molar-refractivity contribution is 5.93. The van der Waals surface area contributed by atoms with E-state index in [2.05, 4.69) is 15.3 Å². The number of nitrogens with zero attached hydrogens (tertiary/aromatic N) is 4. The molecule has 0 saturated carbocycles. The van der Waals surface area contributed by atoms with Crippen molar-refractivity contribution in [2.24, 2.45) is 11.0 Å². The number of benzene rings is 1. The number of hydrogen-bond donors (Lipinski definition) is 1. The average molecular weight is 345 g/mol. The van der Waals surface area contributed by atoms with Crippen LogP contribution in [0.1, 0.15) is 33.6 Å². The van der Waals surface area contributed by atoms with Crippen LogP contribution >= 0.6 is 0 Å². The molecule has 1 heterocycles. The lowest BCUT2D eigenvalue weighted by Gasteiger charge is -2.33. The van der Waals surface area contributed by atoms with Gasteiger partial charge in [0.15, 0.2) is 0 Å². The van der Waals surface area contributed by atoms with Gasteiger partial charge in [0.2, 0.25) is 5.91 Å². The molecule has 0 aliphatic carbocycles. The molecule has 1 fully saturated rings. The molecular formula is C17H23N5O3. The number of piperidine rings is 1. The molecule has 0 unspecified atom stereocenters. The van der Waals surface area contributed by atoms with Crippen molar-refractivity contribution in [2.75, 3.05) is 18.4 Å². The molecule has 0 spiro atoms. The van der Waals surface area contributed by atoms with E-state index in [-0.39, 0.29) is 17.9 Å². The zero-order valence-electron chi connectivity index (χ0n) is 14.7. The quantitative estimate of drug-likeness (QED) is 0.503. The Kier molecular flexibility index (Phi) is 5.88. The van der Waals surface area contributed by atoms with Gasteiger partial charge in [-0.25, -0.2) is 4.79 Å². The first kappa shape index (κ1) is 18.6. The molecule has 2 rings (SSSR count). The van der Waals surface area contributed by atoms with Crippen molar-refractivity contribution in [3.05, 3.63) is 34.7 Å². The Morgan fingerprint density at radius 1 is 1.32 bits per heavy atom. The molecule has 134 valence electrons. The molecule has 0 bridgehead atoms. The summed E-state index contributed by atoms with van der Waals surface area (Å²) in [6, 6.07) is 6.61. The molecule has 2 amide bonds. The number of carbonyl (C=O) groups excluding carboxylic acids is 2. The lowest BCUT2D eigenvalue weighted by atomic mass is 9.97. The van der Waals surface area contributed by atoms with Gasteiger partial charge in [-0.3, -0.25) is 4.79 Å². The molecule has 8 nitrogen and oxygen atoms in total. The summed E-state index contributed by atoms with van der Waals surface area (Å²) in [5.74, 6) is -0.414. The Labute approximate surface area is 146 Å². The van der Waals surface area contributed by atoms with Crippen LogP contribution in [-0.4, -0.2) is 35.6 Å². The summed E-state index contributed by atoms with van der Waals surface area (Å²) in [7, 11) is 0. The maximum Gasteiger partial charge on any atom is 0.410 e. The van der Waals surface area contributed by atoms with Gasteiger partial charge in [0.1, 0.15) is 5.60 Å². The van der Waals surface area contributed by atoms with E-state index in [1.165, 1.54) is 0 Å². The third kappa shape index (κ3) is 5.69. The largest absolute Gasteiger partial charge is 0.444 e. The minimum absolute atomic E-state index is 0.134. The van der Waals surface area contributed by atoms with Gasteiger partial charge in [-0.15, -0.1) is 0 Å². The molecule has 1 aliphatic heterocycles. The highest BCUT2D eigenvalue weighted by atomic mass is 16.6. The van der Waals surface area contributed by atoms with Gasteiger partial charge < -0.3 is 15.0 Å². The van der Waals surface area contributed by atoms with E-state index < -0.39 is 5.60 Å². The molecule has 1 aliphatic rings. The molecule has 0 radical (unpaired) electrons. The second kappa shape index (κ2) is 7.90. The third-order valence-electron chi connectivity index (χ3n) is 3.74. The molecule has 1 aromatic rings. The maximum absolute atomic E-state index is 12.5. The lowest BCUT2D eigenvalue weighted by molar-refractivity contribution is -0.121. The Morgan fingerprint density at radius 2 is 2.00 bits per heavy atom. The van der Waals surface area contributed by atoms with Crippen molar-refractivity contribution in [2.45, 2.75) is 39.2 Å². The van der Waals surface area contributed by atoms with E-state index in [9.17, 15) is 9.59 Å². The molecular weight excluding hydrogens is 322 g/mol. The highest BCUT2D eigenvalue weighted by Gasteiger charge is 2.31. The van der Waals surface area contributed by atoms with Crippen LogP contribution in [0.5, 0.6) is 0 Å². The number of carbonyl (C=O) groups is 2. The van der Waals surface area contributed by atoms with Gasteiger partial charge in [-0.05, 0) is 51.3 Å². The SMILES string of the molecule is CC(C)(C)OC(=O)N1CCC[C@H](C(=O)Nc2ccc(N=[N+]=[N-])cc2)C1. The third-order valence-corrected chi connectivity index (χ3v) is 3.74. The summed E-state index contributed by atoms with van der Waals surface area (Å²) in [5.41, 5.74) is 8.94. The summed E-state index contributed by atoms with van der Waals surface area (Å²) >= 11 is 0. The second-order valence-electron chi connectivity index (χ2n) is 6.99. The number of likely N-dealkylation sites (tertiary alicyclic amines) is 1. The van der Waals surface area contributed by atoms with E-state index in [1.807, 2.05) is 20.8 Å². The van der Waals surface area contributed by atoms with E-state index in [0.29, 0.717) is 24.5 Å². The molecule has 8 heteroatoms. The summed E-state index contributed by atoms with van der Waals surface area (Å²) < 4.78 is 5.38. The van der Waals surface area contributed by atoms with Crippen LogP contribution in [0.2, 0.25) is 0 Å². The predicted octanol–water partition coefficient (Wildman–Crippen LogP) is 4.21. The summed E-state index contributed by atoms with van der Waals surface area (Å²) in [6.07, 6.45) is 1.10. The van der Waals surface area contributed by atoms with Gasteiger partial charge in [-0.1, -0.05) is 17.2 Å². The molecule has 1 N–H and O–H groups in total. The number of nitrogens with one attached hydrogen (secondary N) is 1. The van der Waals surface area contributed by atoms with Crippen LogP contribution in [0.3, 0.4) is 0 Å². The van der Waals surface area contributed by atoms with Crippen molar-refractivity contribution in [1.82, 2.24) is 4.90 Å². The summed E-state index contributed by atoms with van der Waals surface area (Å²) in [4.78, 5) is 28.9. The van der Waals surface area contributed by atoms with Gasteiger partial charge in [-0.2, -0.15) is 0 Å². The number of ether oxygens (including phenoxy) is 1. The van der Waals surface area contributed by atoms with Crippen molar-refractivity contribution in [3.8, 4) is 0 Å². The summed E-state index contributed by atoms with van der Waals surface area (Å²) in [6.45, 7) is 6.40. The zero-order chi connectivity index (χ0) is 18.4. The topological polar surface area (TPSA) is 107 Å². The van der Waals surface area contributed by atoms with Gasteiger partial charge in [0.05, 0.1) is 5.92 Å². The number of anilines is 1. The minimum atomic E-state index is -0.556. The van der Waals surface area contributed by atoms with E-state index >= 15 is 0 Å². The number of rotatable bonds is 3. The van der Waals surface area contributed by atoms with Gasteiger partial charge in [0, 0.05) is 29.4 Å². The highest BCUT2D eigenvalue weighted by Crippen LogP contribution is 2.22. The standard InChI is InChI=1S/C17H23N5O3/c1-17(2,3)25-16(24)22-10-4-5-12(11-22)15(23)19-13-6-8-14(9-7-13)20-21-18/h6-9,12H,4-5,10-11H2,1-3H3,(H,19,23)/t12-/m0/s1. The normalized spacial score (nSPS) is 17.4. The fourth-order valence-corrected chi connectivity index (χ4v) is 2.59. The molecule has 1 saturated heterocycles. The van der Waals surface area contributed by atoms with E-state index in [1.54, 1.807) is 29.2 Å². The first-order valence-electron chi connectivity index (χ1n) is 8.22. The lowest BCUT2D eigenvalue weighted by Crippen LogP contribution is -2.45. The second-order valence-corrected chi connectivity index (χ2v) is 6.99. The van der Waals surface area contributed by atoms with Crippen molar-refractivity contribution in [3.63, 3.8) is 0 Å². The van der Waals surface area contributed by atoms with Crippen molar-refractivity contribution in [1.29, 1.82) is 0 Å². The van der Waals surface area contributed by atoms with Crippen molar-refractivity contribution >= 4 is 23.4 Å². The fraction of sp³-hybridized carbons (Fsp3) is 0.529. The van der Waals surface area contributed by atoms with E-state index in [4.69, 9.17) is 10.3 Å². The first-order valence-corrected chi connectivity index (χ1v) is 8.22. The van der Waals surface area contributed by atoms with Gasteiger partial charge >= 0.3 is 6.09 Å². The Bertz CT molecular complexity index is 675. The zero-order valence-corrected chi connectivity index (χ0v) is 14.7. The fourth-order valence-electron chi connectivity index (χ4n) is 2.59. The Hall–Kier alpha value is -2.73. The van der Waals surface area contributed by atoms with E-state index in [0.717, 1.165) is 12.8 Å². The monoisotopic (exact) mass is 345 g/mol. The van der Waals surface area contributed by atoms with Crippen LogP contribution in [0.15, 0.2) is 29.4 Å². The van der Waals surface area contributed by atoms with Crippen LogP contribution in [0, 0.1) is 5.92 Å². The van der Waals surface area contributed by atoms with Crippen LogP contribution < -0.4 is 5.32 Å². The predicted molar refractivity (Wildman–Crippen MR) is 94.4 cm³/mol. The Morgan fingerprint density at radius 3 is 2.60 bits per heavy atom. The van der Waals surface area contributed by atoms with Crippen LogP contribution in [0.25, 0.3) is 10.4 Å². The van der Waals surface area contributed by atoms with Crippen LogP contribution in [0.4, 0.5) is 16.2 Å². The molecule has 1 atom stereocenters. The summed E-state index contributed by atoms with van der Waals surface area (Å²) in [5, 5.41) is 6.32.